The number of carbonyl (C=O) groups excluding carboxylic acids is 1. The average Bonchev–Trinajstić information content (AvgIpc) is 2.71. The lowest BCUT2D eigenvalue weighted by Crippen LogP contribution is -2.66. The molecule has 0 radical (unpaired) electrons. The highest BCUT2D eigenvalue weighted by Crippen LogP contribution is 2.42. The zero-order valence-corrected chi connectivity index (χ0v) is 16.2. The molecule has 0 spiro atoms. The molecule has 2 aromatic rings. The molecule has 2 fully saturated rings. The van der Waals surface area contributed by atoms with Crippen molar-refractivity contribution in [2.75, 3.05) is 33.9 Å². The number of benzene rings is 2. The van der Waals surface area contributed by atoms with Gasteiger partial charge in [0.2, 0.25) is 5.91 Å². The Hall–Kier alpha value is -2.44. The Kier molecular flexibility index (Phi) is 5.08. The van der Waals surface area contributed by atoms with Crippen LogP contribution in [0.15, 0.2) is 48.5 Å². The summed E-state index contributed by atoms with van der Waals surface area (Å²) in [5.74, 6) is 0.220. The van der Waals surface area contributed by atoms with Gasteiger partial charge in [-0.2, -0.15) is 0 Å². The van der Waals surface area contributed by atoms with Crippen LogP contribution in [0.5, 0.6) is 5.75 Å². The Morgan fingerprint density at radius 3 is 2.79 bits per heavy atom. The fourth-order valence-electron chi connectivity index (χ4n) is 4.51. The normalized spacial score (nSPS) is 25.5. The molecule has 2 heterocycles. The van der Waals surface area contributed by atoms with E-state index in [0.29, 0.717) is 18.8 Å². The number of halogens is 1. The average molecular weight is 384 g/mol. The van der Waals surface area contributed by atoms with E-state index in [1.54, 1.807) is 6.07 Å². The second kappa shape index (κ2) is 7.53. The number of likely N-dealkylation sites (tertiary alicyclic amines) is 1. The van der Waals surface area contributed by atoms with Crippen LogP contribution in [0.2, 0.25) is 0 Å². The van der Waals surface area contributed by atoms with E-state index in [0.717, 1.165) is 24.1 Å². The van der Waals surface area contributed by atoms with Crippen molar-refractivity contribution >= 4 is 5.91 Å². The first-order chi connectivity index (χ1) is 13.5. The SMILES string of the molecule is COc1cc(F)cc(CN2CC[C@]3(c4ccccc4)[C@@H](C2)OCC(=O)N3C)c1. The molecule has 148 valence electrons. The summed E-state index contributed by atoms with van der Waals surface area (Å²) in [5.41, 5.74) is 1.50. The molecule has 0 bridgehead atoms. The van der Waals surface area contributed by atoms with Gasteiger partial charge < -0.3 is 14.4 Å². The number of ether oxygens (including phenoxy) is 2. The van der Waals surface area contributed by atoms with Gasteiger partial charge in [-0.05, 0) is 29.7 Å². The second-order valence-electron chi connectivity index (χ2n) is 7.53. The van der Waals surface area contributed by atoms with E-state index in [2.05, 4.69) is 17.0 Å². The zero-order valence-electron chi connectivity index (χ0n) is 16.2. The molecule has 1 amide bonds. The monoisotopic (exact) mass is 384 g/mol. The molecule has 2 aliphatic rings. The fraction of sp³-hybridized carbons (Fsp3) is 0.409. The minimum absolute atomic E-state index is 0.00317. The van der Waals surface area contributed by atoms with Crippen LogP contribution >= 0.6 is 0 Å². The van der Waals surface area contributed by atoms with Gasteiger partial charge >= 0.3 is 0 Å². The third-order valence-electron chi connectivity index (χ3n) is 5.99. The van der Waals surface area contributed by atoms with Crippen molar-refractivity contribution in [1.29, 1.82) is 0 Å². The first-order valence-corrected chi connectivity index (χ1v) is 9.52. The van der Waals surface area contributed by atoms with Crippen molar-refractivity contribution in [3.63, 3.8) is 0 Å². The first-order valence-electron chi connectivity index (χ1n) is 9.52. The number of fused-ring (bicyclic) bond motifs is 1. The van der Waals surface area contributed by atoms with E-state index >= 15 is 0 Å². The van der Waals surface area contributed by atoms with E-state index in [9.17, 15) is 9.18 Å². The van der Waals surface area contributed by atoms with Gasteiger partial charge in [-0.15, -0.1) is 0 Å². The number of hydrogen-bond donors (Lipinski definition) is 0. The molecule has 2 saturated heterocycles. The number of likely N-dealkylation sites (N-methyl/N-ethyl adjacent to an activating group) is 1. The number of amides is 1. The Labute approximate surface area is 164 Å². The highest BCUT2D eigenvalue weighted by Gasteiger charge is 2.52. The summed E-state index contributed by atoms with van der Waals surface area (Å²) in [7, 11) is 3.41. The van der Waals surface area contributed by atoms with Gasteiger partial charge in [-0.3, -0.25) is 9.69 Å². The van der Waals surface area contributed by atoms with Gasteiger partial charge in [-0.1, -0.05) is 30.3 Å². The van der Waals surface area contributed by atoms with E-state index in [1.807, 2.05) is 36.2 Å². The predicted molar refractivity (Wildman–Crippen MR) is 103 cm³/mol. The van der Waals surface area contributed by atoms with Crippen LogP contribution in [0.3, 0.4) is 0 Å². The van der Waals surface area contributed by atoms with Crippen LogP contribution in [0.4, 0.5) is 4.39 Å². The van der Waals surface area contributed by atoms with Crippen LogP contribution in [0.1, 0.15) is 17.5 Å². The Bertz CT molecular complexity index is 860. The number of hydrogen-bond acceptors (Lipinski definition) is 4. The molecular formula is C22H25FN2O3. The van der Waals surface area contributed by atoms with E-state index < -0.39 is 5.54 Å². The van der Waals surface area contributed by atoms with Gasteiger partial charge in [-0.25, -0.2) is 4.39 Å². The topological polar surface area (TPSA) is 42.0 Å². The second-order valence-corrected chi connectivity index (χ2v) is 7.53. The van der Waals surface area contributed by atoms with Crippen molar-refractivity contribution in [3.8, 4) is 5.75 Å². The number of piperidine rings is 1. The predicted octanol–water partition coefficient (Wildman–Crippen LogP) is 2.79. The number of rotatable bonds is 4. The van der Waals surface area contributed by atoms with Gasteiger partial charge in [0.05, 0.1) is 18.8 Å². The highest BCUT2D eigenvalue weighted by molar-refractivity contribution is 5.79. The molecule has 5 nitrogen and oxygen atoms in total. The van der Waals surface area contributed by atoms with Gasteiger partial charge in [0.25, 0.3) is 0 Å². The van der Waals surface area contributed by atoms with Crippen LogP contribution in [0, 0.1) is 5.82 Å². The molecular weight excluding hydrogens is 359 g/mol. The lowest BCUT2D eigenvalue weighted by atomic mass is 9.76. The van der Waals surface area contributed by atoms with E-state index in [1.165, 1.54) is 13.2 Å². The standard InChI is InChI=1S/C22H25FN2O3/c1-24-21(26)15-28-20-14-25(13-16-10-18(23)12-19(11-16)27-2)9-8-22(20,24)17-6-4-3-5-7-17/h3-7,10-12,20H,8-9,13-15H2,1-2H3/t20-,22+/m1/s1. The molecule has 0 N–H and O–H groups in total. The molecule has 0 unspecified atom stereocenters. The van der Waals surface area contributed by atoms with Crippen molar-refractivity contribution in [3.05, 3.63) is 65.5 Å². The molecule has 2 aromatic carbocycles. The Balaban J connectivity index is 1.59. The van der Waals surface area contributed by atoms with Gasteiger partial charge in [0, 0.05) is 32.7 Å². The zero-order chi connectivity index (χ0) is 19.7. The number of morpholine rings is 1. The van der Waals surface area contributed by atoms with Crippen molar-refractivity contribution in [2.24, 2.45) is 0 Å². The minimum atomic E-state index is -0.466. The van der Waals surface area contributed by atoms with Crippen molar-refractivity contribution in [2.45, 2.75) is 24.6 Å². The lowest BCUT2D eigenvalue weighted by molar-refractivity contribution is -0.183. The first kappa shape index (κ1) is 18.9. The molecule has 2 atom stereocenters. The maximum absolute atomic E-state index is 13.8. The molecule has 2 aliphatic heterocycles. The van der Waals surface area contributed by atoms with Gasteiger partial charge in [0.15, 0.2) is 0 Å². The molecule has 0 aliphatic carbocycles. The largest absolute Gasteiger partial charge is 0.497 e. The lowest BCUT2D eigenvalue weighted by Gasteiger charge is -2.55. The summed E-state index contributed by atoms with van der Waals surface area (Å²) in [6.07, 6.45) is 0.623. The summed E-state index contributed by atoms with van der Waals surface area (Å²) in [6, 6.07) is 14.9. The van der Waals surface area contributed by atoms with Crippen molar-refractivity contribution in [1.82, 2.24) is 9.80 Å². The van der Waals surface area contributed by atoms with Gasteiger partial charge in [0.1, 0.15) is 18.2 Å². The number of nitrogens with zero attached hydrogens (tertiary/aromatic N) is 2. The third-order valence-corrected chi connectivity index (χ3v) is 5.99. The van der Waals surface area contributed by atoms with Crippen LogP contribution < -0.4 is 4.74 Å². The third kappa shape index (κ3) is 3.27. The Morgan fingerprint density at radius 1 is 1.25 bits per heavy atom. The van der Waals surface area contributed by atoms with E-state index in [-0.39, 0.29) is 24.4 Å². The molecule has 6 heteroatoms. The van der Waals surface area contributed by atoms with Crippen LogP contribution in [-0.2, 0) is 21.6 Å². The van der Waals surface area contributed by atoms with E-state index in [4.69, 9.17) is 9.47 Å². The summed E-state index contributed by atoms with van der Waals surface area (Å²) < 4.78 is 25.1. The smallest absolute Gasteiger partial charge is 0.249 e. The number of carbonyl (C=O) groups is 1. The molecule has 0 aromatic heterocycles. The summed E-state index contributed by atoms with van der Waals surface area (Å²) in [4.78, 5) is 16.6. The highest BCUT2D eigenvalue weighted by atomic mass is 19.1. The van der Waals surface area contributed by atoms with Crippen LogP contribution in [-0.4, -0.2) is 55.7 Å². The maximum atomic E-state index is 13.8. The summed E-state index contributed by atoms with van der Waals surface area (Å²) in [6.45, 7) is 2.16. The maximum Gasteiger partial charge on any atom is 0.249 e. The molecule has 4 rings (SSSR count). The Morgan fingerprint density at radius 2 is 2.04 bits per heavy atom. The van der Waals surface area contributed by atoms with Crippen molar-refractivity contribution < 1.29 is 18.7 Å². The molecule has 0 saturated carbocycles. The quantitative estimate of drug-likeness (QED) is 0.813. The molecule has 28 heavy (non-hydrogen) atoms. The summed E-state index contributed by atoms with van der Waals surface area (Å²) >= 11 is 0. The summed E-state index contributed by atoms with van der Waals surface area (Å²) in [5, 5.41) is 0. The number of methoxy groups -OCH3 is 1. The minimum Gasteiger partial charge on any atom is -0.497 e. The fourth-order valence-corrected chi connectivity index (χ4v) is 4.51. The van der Waals surface area contributed by atoms with Crippen LogP contribution in [0.25, 0.3) is 0 Å².